The quantitative estimate of drug-likeness (QED) is 0.0983. The molecule has 4 heteroatoms. The molecule has 0 aliphatic heterocycles. The van der Waals surface area contributed by atoms with E-state index < -0.39 is 0 Å². The molecule has 0 saturated carbocycles. The first kappa shape index (κ1) is 71.9. The van der Waals surface area contributed by atoms with Crippen LogP contribution in [0.5, 0.6) is 0 Å². The van der Waals surface area contributed by atoms with Crippen LogP contribution in [0.2, 0.25) is 0 Å². The highest BCUT2D eigenvalue weighted by atomic mass is 35.5. The van der Waals surface area contributed by atoms with Crippen LogP contribution in [0.15, 0.2) is 0 Å². The summed E-state index contributed by atoms with van der Waals surface area (Å²) >= 11 is 7.63. The van der Waals surface area contributed by atoms with E-state index in [1.54, 1.807) is 0 Å². The van der Waals surface area contributed by atoms with Crippen LogP contribution in [0.25, 0.3) is 0 Å². The van der Waals surface area contributed by atoms with Gasteiger partial charge in [0.15, 0.2) is 0 Å². The van der Waals surface area contributed by atoms with E-state index in [1.807, 2.05) is 6.92 Å². The Bertz CT molecular complexity index is 393. The molecular formula is C46H111ClN2S. The van der Waals surface area contributed by atoms with Crippen molar-refractivity contribution in [1.82, 2.24) is 10.2 Å². The summed E-state index contributed by atoms with van der Waals surface area (Å²) in [6.07, 6.45) is 21.1. The maximum absolute atomic E-state index is 5.58. The summed E-state index contributed by atoms with van der Waals surface area (Å²) < 4.78 is 0. The molecule has 0 spiro atoms. The van der Waals surface area contributed by atoms with Crippen molar-refractivity contribution >= 4 is 23.4 Å². The first-order valence-corrected chi connectivity index (χ1v) is 23.2. The lowest BCUT2D eigenvalue weighted by atomic mass is 10.0. The Morgan fingerprint density at radius 3 is 1.12 bits per heavy atom. The van der Waals surface area contributed by atoms with E-state index in [4.69, 9.17) is 11.6 Å². The van der Waals surface area contributed by atoms with Gasteiger partial charge in [0.1, 0.15) is 0 Å². The Hall–Kier alpha value is 0.560. The van der Waals surface area contributed by atoms with Gasteiger partial charge in [-0.1, -0.05) is 190 Å². The summed E-state index contributed by atoms with van der Waals surface area (Å²) in [4.78, 5) is 2.36. The van der Waals surface area contributed by atoms with Crippen LogP contribution in [0.4, 0.5) is 0 Å². The number of thioether (sulfide) groups is 1. The minimum atomic E-state index is 0. The van der Waals surface area contributed by atoms with Crippen LogP contribution >= 0.6 is 23.4 Å². The lowest BCUT2D eigenvalue weighted by Gasteiger charge is -2.12. The molecule has 0 rings (SSSR count). The van der Waals surface area contributed by atoms with E-state index in [0.717, 1.165) is 12.3 Å². The molecule has 1 N–H and O–H groups in total. The third kappa shape index (κ3) is 182. The van der Waals surface area contributed by atoms with Crippen molar-refractivity contribution in [2.24, 2.45) is 11.3 Å². The molecule has 0 saturated heterocycles. The summed E-state index contributed by atoms with van der Waals surface area (Å²) in [5.74, 6) is 3.59. The second-order valence-electron chi connectivity index (χ2n) is 15.2. The van der Waals surface area contributed by atoms with Gasteiger partial charge in [-0.05, 0) is 108 Å². The van der Waals surface area contributed by atoms with Gasteiger partial charge in [0.05, 0.1) is 0 Å². The van der Waals surface area contributed by atoms with Crippen LogP contribution in [-0.2, 0) is 0 Å². The third-order valence-electron chi connectivity index (χ3n) is 5.33. The largest absolute Gasteiger partial charge is 0.317 e. The monoisotopic (exact) mass is 759 g/mol. The average Bonchev–Trinajstić information content (AvgIpc) is 2.99. The first-order valence-electron chi connectivity index (χ1n) is 21.6. The van der Waals surface area contributed by atoms with Gasteiger partial charge in [-0.15, -0.1) is 11.6 Å². The number of hydrogen-bond donors (Lipinski definition) is 1. The zero-order valence-corrected chi connectivity index (χ0v) is 40.5. The fourth-order valence-electron chi connectivity index (χ4n) is 3.30. The first-order chi connectivity index (χ1) is 23.0. The molecule has 0 bridgehead atoms. The summed E-state index contributed by atoms with van der Waals surface area (Å²) in [7, 11) is 2.17. The van der Waals surface area contributed by atoms with E-state index in [0.29, 0.717) is 10.8 Å². The zero-order chi connectivity index (χ0) is 40.2. The molecule has 1 atom stereocenters. The van der Waals surface area contributed by atoms with Gasteiger partial charge in [0.2, 0.25) is 0 Å². The Balaban J connectivity index is -0.0000000561. The maximum Gasteiger partial charge on any atom is 0.0307 e. The number of halogens is 1. The fourth-order valence-corrected chi connectivity index (χ4v) is 4.30. The van der Waals surface area contributed by atoms with E-state index in [9.17, 15) is 0 Å². The summed E-state index contributed by atoms with van der Waals surface area (Å²) in [6.45, 7) is 46.4. The van der Waals surface area contributed by atoms with Gasteiger partial charge in [-0.2, -0.15) is 11.8 Å². The standard InChI is InChI=1S/C10H22.C7H17N.C6H15N.C6H14S.C5H11Cl.C5H12.2C3H8.CH4/c1-4-5-6-7-8-9-10(2)3;1-4-6-8(3)7-5-2;2*1-3-5-7-6-4-2;1-3-4-5(2)6;1-5(2,3)4;2*1-3-2;/h10H,4-9H2,1-3H3;4-7H2,1-3H3;7H,3-6H2,1-2H3;3-6H2,1-2H3;5H,3-4H2,1-2H3;1-4H3;2*3H2,1-2H3;1H4. The molecule has 318 valence electrons. The average molecular weight is 760 g/mol. The lowest BCUT2D eigenvalue weighted by Crippen LogP contribution is -2.19. The third-order valence-corrected chi connectivity index (χ3v) is 6.94. The van der Waals surface area contributed by atoms with Gasteiger partial charge >= 0.3 is 0 Å². The molecule has 0 heterocycles. The highest BCUT2D eigenvalue weighted by Crippen LogP contribution is 2.10. The minimum absolute atomic E-state index is 0. The molecule has 2 nitrogen and oxygen atoms in total. The molecule has 0 fully saturated rings. The normalized spacial score (nSPS) is 10.1. The Labute approximate surface area is 335 Å². The van der Waals surface area contributed by atoms with Crippen molar-refractivity contribution < 1.29 is 0 Å². The van der Waals surface area contributed by atoms with Gasteiger partial charge in [-0.3, -0.25) is 0 Å². The Morgan fingerprint density at radius 1 is 0.540 bits per heavy atom. The maximum atomic E-state index is 5.58. The predicted molar refractivity (Wildman–Crippen MR) is 252 cm³/mol. The van der Waals surface area contributed by atoms with Crippen molar-refractivity contribution in [3.63, 3.8) is 0 Å². The fraction of sp³-hybridized carbons (Fsp3) is 1.00. The second-order valence-corrected chi connectivity index (χ2v) is 17.2. The van der Waals surface area contributed by atoms with Crippen LogP contribution in [0, 0.1) is 11.3 Å². The smallest absolute Gasteiger partial charge is 0.0307 e. The van der Waals surface area contributed by atoms with Crippen LogP contribution in [-0.4, -0.2) is 55.0 Å². The molecule has 50 heavy (non-hydrogen) atoms. The van der Waals surface area contributed by atoms with Crippen LogP contribution in [0.1, 0.15) is 242 Å². The van der Waals surface area contributed by atoms with Gasteiger partial charge in [0, 0.05) is 5.38 Å². The molecule has 0 aliphatic rings. The summed E-state index contributed by atoms with van der Waals surface area (Å²) in [5.41, 5.74) is 0.500. The number of alkyl halides is 1. The molecule has 0 aromatic heterocycles. The van der Waals surface area contributed by atoms with Crippen molar-refractivity contribution in [3.8, 4) is 0 Å². The van der Waals surface area contributed by atoms with Crippen molar-refractivity contribution in [3.05, 3.63) is 0 Å². The molecule has 0 radical (unpaired) electrons. The number of nitrogens with one attached hydrogen (secondary N) is 1. The van der Waals surface area contributed by atoms with Crippen molar-refractivity contribution in [1.29, 1.82) is 0 Å². The number of hydrogen-bond acceptors (Lipinski definition) is 3. The van der Waals surface area contributed by atoms with E-state index >= 15 is 0 Å². The number of nitrogens with zero attached hydrogens (tertiary/aromatic N) is 1. The van der Waals surface area contributed by atoms with Crippen molar-refractivity contribution in [2.45, 2.75) is 247 Å². The van der Waals surface area contributed by atoms with E-state index in [1.165, 1.54) is 134 Å². The van der Waals surface area contributed by atoms with Crippen LogP contribution < -0.4 is 5.32 Å². The second kappa shape index (κ2) is 74.7. The van der Waals surface area contributed by atoms with Gasteiger partial charge < -0.3 is 10.2 Å². The van der Waals surface area contributed by atoms with Crippen molar-refractivity contribution in [2.75, 3.05) is 44.7 Å². The zero-order valence-electron chi connectivity index (χ0n) is 38.9. The lowest BCUT2D eigenvalue weighted by molar-refractivity contribution is 0.335. The topological polar surface area (TPSA) is 15.3 Å². The SMILES string of the molecule is C.CC(C)(C)C.CCC.CCC.CCCC(C)Cl.CCCCCCCC(C)C.CCCN(C)CCC.CCCNCCC.CCCSCCC. The molecule has 0 aromatic rings. The molecular weight excluding hydrogens is 648 g/mol. The predicted octanol–water partition coefficient (Wildman–Crippen LogP) is 17.6. The van der Waals surface area contributed by atoms with E-state index in [2.05, 4.69) is 154 Å². The summed E-state index contributed by atoms with van der Waals surface area (Å²) in [5, 5.41) is 3.66. The Kier molecular flexibility index (Phi) is 107. The van der Waals surface area contributed by atoms with E-state index in [-0.39, 0.29) is 7.43 Å². The van der Waals surface area contributed by atoms with Gasteiger partial charge in [-0.25, -0.2) is 0 Å². The molecule has 1 unspecified atom stereocenters. The van der Waals surface area contributed by atoms with Gasteiger partial charge in [0.25, 0.3) is 0 Å². The number of rotatable bonds is 20. The number of unbranched alkanes of at least 4 members (excludes halogenated alkanes) is 4. The molecule has 0 aliphatic carbocycles. The molecule has 0 amide bonds. The minimum Gasteiger partial charge on any atom is -0.317 e. The molecule has 0 aromatic carbocycles. The highest BCUT2D eigenvalue weighted by Gasteiger charge is 1.95. The highest BCUT2D eigenvalue weighted by molar-refractivity contribution is 7.99. The Morgan fingerprint density at radius 2 is 0.900 bits per heavy atom. The summed E-state index contributed by atoms with van der Waals surface area (Å²) in [6, 6.07) is 0. The van der Waals surface area contributed by atoms with Crippen LogP contribution in [0.3, 0.4) is 0 Å².